The maximum absolute atomic E-state index is 12.3. The second kappa shape index (κ2) is 7.88. The summed E-state index contributed by atoms with van der Waals surface area (Å²) in [6.45, 7) is 4.44. The predicted octanol–water partition coefficient (Wildman–Crippen LogP) is 1.20. The molecule has 1 saturated heterocycles. The fourth-order valence-corrected chi connectivity index (χ4v) is 2.74. The van der Waals surface area contributed by atoms with Crippen molar-refractivity contribution in [1.29, 1.82) is 0 Å². The molecule has 1 aliphatic heterocycles. The van der Waals surface area contributed by atoms with E-state index < -0.39 is 0 Å². The van der Waals surface area contributed by atoms with E-state index in [4.69, 9.17) is 0 Å². The second-order valence-electron chi connectivity index (χ2n) is 6.04. The fraction of sp³-hybridized carbons (Fsp3) is 0.389. The molecular weight excluding hydrogens is 302 g/mol. The van der Waals surface area contributed by atoms with Gasteiger partial charge >= 0.3 is 0 Å². The first kappa shape index (κ1) is 16.4. The van der Waals surface area contributed by atoms with Gasteiger partial charge < -0.3 is 15.1 Å². The zero-order valence-electron chi connectivity index (χ0n) is 14.0. The molecule has 2 heterocycles. The van der Waals surface area contributed by atoms with Gasteiger partial charge in [0.25, 0.3) is 5.91 Å². The van der Waals surface area contributed by atoms with Crippen molar-refractivity contribution in [3.05, 3.63) is 54.0 Å². The van der Waals surface area contributed by atoms with E-state index in [0.29, 0.717) is 12.2 Å². The third kappa shape index (κ3) is 4.29. The number of carbonyl (C=O) groups excluding carboxylic acids is 1. The average molecular weight is 325 g/mol. The quantitative estimate of drug-likeness (QED) is 0.895. The summed E-state index contributed by atoms with van der Waals surface area (Å²) in [5.74, 6) is 0.676. The summed E-state index contributed by atoms with van der Waals surface area (Å²) in [4.78, 5) is 25.2. The Kier molecular flexibility index (Phi) is 5.38. The molecule has 6 nitrogen and oxygen atoms in total. The monoisotopic (exact) mass is 325 g/mol. The van der Waals surface area contributed by atoms with Crippen molar-refractivity contribution < 1.29 is 4.79 Å². The lowest BCUT2D eigenvalue weighted by molar-refractivity contribution is 0.0949. The molecule has 0 radical (unpaired) electrons. The van der Waals surface area contributed by atoms with Gasteiger partial charge in [0.05, 0.1) is 0 Å². The molecule has 126 valence electrons. The molecule has 1 N–H and O–H groups in total. The normalized spacial score (nSPS) is 15.3. The number of benzene rings is 1. The minimum absolute atomic E-state index is 0.149. The molecule has 0 spiro atoms. The Morgan fingerprint density at radius 1 is 1.12 bits per heavy atom. The third-order valence-corrected chi connectivity index (χ3v) is 4.25. The highest BCUT2D eigenvalue weighted by Crippen LogP contribution is 2.13. The number of hydrogen-bond acceptors (Lipinski definition) is 5. The SMILES string of the molecule is CN1CCN(c2cc(C(=O)NCCc3ccccc3)ncn2)CC1. The number of nitrogens with zero attached hydrogens (tertiary/aromatic N) is 4. The Hall–Kier alpha value is -2.47. The van der Waals surface area contributed by atoms with Crippen LogP contribution in [0.3, 0.4) is 0 Å². The van der Waals surface area contributed by atoms with Crippen LogP contribution in [0.15, 0.2) is 42.7 Å². The van der Waals surface area contributed by atoms with Crippen molar-refractivity contribution in [3.8, 4) is 0 Å². The van der Waals surface area contributed by atoms with Crippen molar-refractivity contribution in [2.75, 3.05) is 44.7 Å². The molecule has 1 aliphatic rings. The third-order valence-electron chi connectivity index (χ3n) is 4.25. The Morgan fingerprint density at radius 2 is 1.88 bits per heavy atom. The van der Waals surface area contributed by atoms with Crippen LogP contribution in [0.2, 0.25) is 0 Å². The predicted molar refractivity (Wildman–Crippen MR) is 94.2 cm³/mol. The zero-order chi connectivity index (χ0) is 16.8. The summed E-state index contributed by atoms with van der Waals surface area (Å²) >= 11 is 0. The van der Waals surface area contributed by atoms with Crippen LogP contribution in [0.1, 0.15) is 16.1 Å². The Morgan fingerprint density at radius 3 is 2.62 bits per heavy atom. The molecule has 1 aromatic carbocycles. The minimum Gasteiger partial charge on any atom is -0.354 e. The minimum atomic E-state index is -0.149. The van der Waals surface area contributed by atoms with E-state index in [1.54, 1.807) is 6.07 Å². The first-order chi connectivity index (χ1) is 11.7. The van der Waals surface area contributed by atoms with Gasteiger partial charge in [0, 0.05) is 38.8 Å². The van der Waals surface area contributed by atoms with Crippen LogP contribution in [0.25, 0.3) is 0 Å². The molecule has 3 rings (SSSR count). The van der Waals surface area contributed by atoms with Gasteiger partial charge in [-0.3, -0.25) is 4.79 Å². The summed E-state index contributed by atoms with van der Waals surface area (Å²) in [6, 6.07) is 11.9. The Labute approximate surface area is 142 Å². The second-order valence-corrected chi connectivity index (χ2v) is 6.04. The van der Waals surface area contributed by atoms with Crippen molar-refractivity contribution in [3.63, 3.8) is 0 Å². The topological polar surface area (TPSA) is 61.4 Å². The van der Waals surface area contributed by atoms with Gasteiger partial charge in [0.2, 0.25) is 0 Å². The maximum Gasteiger partial charge on any atom is 0.270 e. The molecule has 6 heteroatoms. The standard InChI is InChI=1S/C18H23N5O/c1-22-9-11-23(12-10-22)17-13-16(20-14-21-17)18(24)19-8-7-15-5-3-2-4-6-15/h2-6,13-14H,7-12H2,1H3,(H,19,24). The summed E-state index contributed by atoms with van der Waals surface area (Å²) in [5, 5.41) is 2.93. The number of likely N-dealkylation sites (N-methyl/N-ethyl adjacent to an activating group) is 1. The molecule has 24 heavy (non-hydrogen) atoms. The summed E-state index contributed by atoms with van der Waals surface area (Å²) in [6.07, 6.45) is 2.28. The number of anilines is 1. The molecule has 2 aromatic rings. The number of hydrogen-bond donors (Lipinski definition) is 1. The summed E-state index contributed by atoms with van der Waals surface area (Å²) in [7, 11) is 2.11. The van der Waals surface area contributed by atoms with E-state index in [0.717, 1.165) is 38.4 Å². The van der Waals surface area contributed by atoms with Gasteiger partial charge in [-0.25, -0.2) is 9.97 Å². The van der Waals surface area contributed by atoms with Crippen LogP contribution < -0.4 is 10.2 Å². The molecule has 1 fully saturated rings. The summed E-state index contributed by atoms with van der Waals surface area (Å²) < 4.78 is 0. The Bertz CT molecular complexity index is 668. The van der Waals surface area contributed by atoms with Crippen LogP contribution in [0.5, 0.6) is 0 Å². The lowest BCUT2D eigenvalue weighted by Gasteiger charge is -2.33. The van der Waals surface area contributed by atoms with Crippen LogP contribution in [-0.4, -0.2) is 60.5 Å². The molecule has 0 unspecified atom stereocenters. The molecule has 0 atom stereocenters. The smallest absolute Gasteiger partial charge is 0.270 e. The van der Waals surface area contributed by atoms with Gasteiger partial charge in [-0.15, -0.1) is 0 Å². The van der Waals surface area contributed by atoms with Gasteiger partial charge in [-0.1, -0.05) is 30.3 Å². The van der Waals surface area contributed by atoms with E-state index >= 15 is 0 Å². The molecule has 1 aromatic heterocycles. The highest BCUT2D eigenvalue weighted by molar-refractivity contribution is 5.92. The molecule has 0 aliphatic carbocycles. The number of aromatic nitrogens is 2. The van der Waals surface area contributed by atoms with Crippen molar-refractivity contribution in [2.45, 2.75) is 6.42 Å². The van der Waals surface area contributed by atoms with E-state index in [1.165, 1.54) is 11.9 Å². The first-order valence-corrected chi connectivity index (χ1v) is 8.30. The number of amides is 1. The van der Waals surface area contributed by atoms with Gasteiger partial charge in [0.15, 0.2) is 0 Å². The van der Waals surface area contributed by atoms with Crippen molar-refractivity contribution in [2.24, 2.45) is 0 Å². The summed E-state index contributed by atoms with van der Waals surface area (Å²) in [5.41, 5.74) is 1.63. The number of rotatable bonds is 5. The van der Waals surface area contributed by atoms with E-state index in [9.17, 15) is 4.79 Å². The molecule has 1 amide bonds. The zero-order valence-corrected chi connectivity index (χ0v) is 14.0. The maximum atomic E-state index is 12.3. The van der Waals surface area contributed by atoms with Crippen LogP contribution in [0.4, 0.5) is 5.82 Å². The number of carbonyl (C=O) groups is 1. The largest absolute Gasteiger partial charge is 0.354 e. The van der Waals surface area contributed by atoms with Crippen LogP contribution >= 0.6 is 0 Å². The Balaban J connectivity index is 1.56. The lowest BCUT2D eigenvalue weighted by atomic mass is 10.1. The fourth-order valence-electron chi connectivity index (χ4n) is 2.74. The van der Waals surface area contributed by atoms with Crippen molar-refractivity contribution in [1.82, 2.24) is 20.2 Å². The number of piperazine rings is 1. The number of nitrogens with one attached hydrogen (secondary N) is 1. The van der Waals surface area contributed by atoms with Gasteiger partial charge in [-0.05, 0) is 19.0 Å². The average Bonchev–Trinajstić information content (AvgIpc) is 2.63. The van der Waals surface area contributed by atoms with E-state index in [1.807, 2.05) is 18.2 Å². The molecular formula is C18H23N5O. The van der Waals surface area contributed by atoms with Crippen molar-refractivity contribution >= 4 is 11.7 Å². The van der Waals surface area contributed by atoms with E-state index in [2.05, 4.69) is 44.3 Å². The highest BCUT2D eigenvalue weighted by Gasteiger charge is 2.17. The van der Waals surface area contributed by atoms with Gasteiger partial charge in [-0.2, -0.15) is 0 Å². The molecule has 0 bridgehead atoms. The lowest BCUT2D eigenvalue weighted by Crippen LogP contribution is -2.45. The van der Waals surface area contributed by atoms with Crippen LogP contribution in [-0.2, 0) is 6.42 Å². The van der Waals surface area contributed by atoms with E-state index in [-0.39, 0.29) is 5.91 Å². The first-order valence-electron chi connectivity index (χ1n) is 8.30. The van der Waals surface area contributed by atoms with Gasteiger partial charge in [0.1, 0.15) is 17.8 Å². The molecule has 0 saturated carbocycles. The van der Waals surface area contributed by atoms with Crippen LogP contribution in [0, 0.1) is 0 Å². The highest BCUT2D eigenvalue weighted by atomic mass is 16.1.